The highest BCUT2D eigenvalue weighted by Crippen LogP contribution is 2.61. The highest BCUT2D eigenvalue weighted by atomic mass is 32.2. The quantitative estimate of drug-likeness (QED) is 0.601. The summed E-state index contributed by atoms with van der Waals surface area (Å²) in [6, 6.07) is 5.09. The summed E-state index contributed by atoms with van der Waals surface area (Å²) in [5.41, 5.74) is -0.00534. The molecule has 7 heteroatoms. The third-order valence-corrected chi connectivity index (χ3v) is 8.38. The van der Waals surface area contributed by atoms with Crippen molar-refractivity contribution in [3.63, 3.8) is 0 Å². The molecular formula is C19H26N2O4S. The SMILES string of the molecule is CC[C@@H](NS(=O)(=O)c1ccc([N+](=O)[O-])cc1)C12CC3CC(CC(C3)C1)C2. The molecule has 0 heterocycles. The molecule has 4 bridgehead atoms. The molecule has 6 nitrogen and oxygen atoms in total. The summed E-state index contributed by atoms with van der Waals surface area (Å²) in [6.07, 6.45) is 8.17. The minimum atomic E-state index is -3.68. The predicted molar refractivity (Wildman–Crippen MR) is 98.1 cm³/mol. The van der Waals surface area contributed by atoms with Crippen LogP contribution in [-0.4, -0.2) is 19.4 Å². The number of nitrogens with one attached hydrogen (secondary N) is 1. The molecule has 0 amide bonds. The largest absolute Gasteiger partial charge is 0.269 e. The fraction of sp³-hybridized carbons (Fsp3) is 0.684. The molecule has 1 N–H and O–H groups in total. The summed E-state index contributed by atoms with van der Waals surface area (Å²) < 4.78 is 28.8. The van der Waals surface area contributed by atoms with Gasteiger partial charge in [0.2, 0.25) is 10.0 Å². The van der Waals surface area contributed by atoms with E-state index in [0.29, 0.717) is 0 Å². The van der Waals surface area contributed by atoms with Crippen LogP contribution < -0.4 is 4.72 Å². The van der Waals surface area contributed by atoms with Crippen LogP contribution in [0.5, 0.6) is 0 Å². The zero-order chi connectivity index (χ0) is 18.5. The fourth-order valence-corrected chi connectivity index (χ4v) is 7.67. The van der Waals surface area contributed by atoms with Gasteiger partial charge in [0, 0.05) is 18.2 Å². The van der Waals surface area contributed by atoms with Gasteiger partial charge in [-0.05, 0) is 80.2 Å². The monoisotopic (exact) mass is 378 g/mol. The number of nitrogens with zero attached hydrogens (tertiary/aromatic N) is 1. The zero-order valence-electron chi connectivity index (χ0n) is 15.1. The number of hydrogen-bond acceptors (Lipinski definition) is 4. The normalized spacial score (nSPS) is 34.0. The van der Waals surface area contributed by atoms with Crippen LogP contribution in [0.3, 0.4) is 0 Å². The molecule has 0 unspecified atom stereocenters. The van der Waals surface area contributed by atoms with Gasteiger partial charge in [-0.25, -0.2) is 13.1 Å². The van der Waals surface area contributed by atoms with Crippen molar-refractivity contribution in [3.05, 3.63) is 34.4 Å². The summed E-state index contributed by atoms with van der Waals surface area (Å²) in [5, 5.41) is 10.8. The zero-order valence-corrected chi connectivity index (χ0v) is 15.9. The van der Waals surface area contributed by atoms with Crippen LogP contribution in [0.2, 0.25) is 0 Å². The maximum absolute atomic E-state index is 12.9. The highest BCUT2D eigenvalue weighted by molar-refractivity contribution is 7.89. The van der Waals surface area contributed by atoms with Gasteiger partial charge in [0.25, 0.3) is 5.69 Å². The average molecular weight is 378 g/mol. The molecular weight excluding hydrogens is 352 g/mol. The van der Waals surface area contributed by atoms with E-state index in [9.17, 15) is 18.5 Å². The maximum Gasteiger partial charge on any atom is 0.269 e. The van der Waals surface area contributed by atoms with Crippen LogP contribution in [-0.2, 0) is 10.0 Å². The molecule has 4 saturated carbocycles. The Balaban J connectivity index is 1.57. The van der Waals surface area contributed by atoms with Crippen molar-refractivity contribution in [1.82, 2.24) is 4.72 Å². The van der Waals surface area contributed by atoms with Gasteiger partial charge in [0.05, 0.1) is 9.82 Å². The number of rotatable bonds is 6. The van der Waals surface area contributed by atoms with Gasteiger partial charge in [-0.1, -0.05) is 6.92 Å². The number of nitro groups is 1. The minimum absolute atomic E-state index is 0.0592. The number of benzene rings is 1. The van der Waals surface area contributed by atoms with E-state index in [2.05, 4.69) is 11.6 Å². The first-order chi connectivity index (χ1) is 12.3. The molecule has 4 fully saturated rings. The lowest BCUT2D eigenvalue weighted by molar-refractivity contribution is -0.384. The van der Waals surface area contributed by atoms with E-state index in [1.807, 2.05) is 0 Å². The van der Waals surface area contributed by atoms with Crippen molar-refractivity contribution in [2.24, 2.45) is 23.2 Å². The van der Waals surface area contributed by atoms with E-state index in [4.69, 9.17) is 0 Å². The Kier molecular flexibility index (Phi) is 4.34. The van der Waals surface area contributed by atoms with Crippen molar-refractivity contribution < 1.29 is 13.3 Å². The topological polar surface area (TPSA) is 89.3 Å². The van der Waals surface area contributed by atoms with Gasteiger partial charge < -0.3 is 0 Å². The first-order valence-corrected chi connectivity index (χ1v) is 11.1. The molecule has 1 atom stereocenters. The highest BCUT2D eigenvalue weighted by Gasteiger charge is 2.54. The summed E-state index contributed by atoms with van der Waals surface area (Å²) in [4.78, 5) is 10.4. The number of non-ortho nitro benzene ring substituents is 1. The summed E-state index contributed by atoms with van der Waals surface area (Å²) in [5.74, 6) is 2.29. The predicted octanol–water partition coefficient (Wildman–Crippen LogP) is 3.87. The van der Waals surface area contributed by atoms with Gasteiger partial charge in [0.1, 0.15) is 0 Å². The Bertz CT molecular complexity index is 768. The number of nitro benzene ring substituents is 1. The Labute approximate surface area is 154 Å². The average Bonchev–Trinajstić information content (AvgIpc) is 2.58. The second kappa shape index (κ2) is 6.30. The van der Waals surface area contributed by atoms with Crippen LogP contribution in [0.1, 0.15) is 51.9 Å². The molecule has 1 aromatic carbocycles. The van der Waals surface area contributed by atoms with Gasteiger partial charge in [0.15, 0.2) is 0 Å². The molecule has 0 radical (unpaired) electrons. The van der Waals surface area contributed by atoms with Crippen molar-refractivity contribution in [1.29, 1.82) is 0 Å². The Morgan fingerprint density at radius 3 is 2.04 bits per heavy atom. The van der Waals surface area contributed by atoms with Crippen LogP contribution in [0.15, 0.2) is 29.2 Å². The van der Waals surface area contributed by atoms with Crippen LogP contribution in [0.25, 0.3) is 0 Å². The molecule has 0 aliphatic heterocycles. The number of hydrogen-bond donors (Lipinski definition) is 1. The minimum Gasteiger partial charge on any atom is -0.258 e. The second-order valence-electron chi connectivity index (χ2n) is 8.61. The first kappa shape index (κ1) is 17.9. The fourth-order valence-electron chi connectivity index (χ4n) is 6.25. The standard InChI is InChI=1S/C19H26N2O4S/c1-2-18(19-10-13-7-14(11-19)9-15(8-13)12-19)20-26(24,25)17-5-3-16(4-6-17)21(22)23/h3-6,13-15,18,20H,2,7-12H2,1H3/t13?,14?,15?,18-,19?/m1/s1. The molecule has 0 spiro atoms. The molecule has 26 heavy (non-hydrogen) atoms. The lowest BCUT2D eigenvalue weighted by Crippen LogP contribution is -2.56. The van der Waals surface area contributed by atoms with E-state index in [0.717, 1.165) is 43.4 Å². The van der Waals surface area contributed by atoms with Crippen molar-refractivity contribution in [3.8, 4) is 0 Å². The third kappa shape index (κ3) is 3.05. The van der Waals surface area contributed by atoms with Gasteiger partial charge in [-0.15, -0.1) is 0 Å². The molecule has 4 aliphatic carbocycles. The summed E-state index contributed by atoms with van der Waals surface area (Å²) >= 11 is 0. The Morgan fingerprint density at radius 2 is 1.62 bits per heavy atom. The molecule has 4 aliphatic rings. The smallest absolute Gasteiger partial charge is 0.258 e. The van der Waals surface area contributed by atoms with Gasteiger partial charge in [-0.2, -0.15) is 0 Å². The van der Waals surface area contributed by atoms with Gasteiger partial charge >= 0.3 is 0 Å². The van der Waals surface area contributed by atoms with Crippen molar-refractivity contribution >= 4 is 15.7 Å². The maximum atomic E-state index is 12.9. The summed E-state index contributed by atoms with van der Waals surface area (Å²) in [7, 11) is -3.68. The van der Waals surface area contributed by atoms with Crippen LogP contribution in [0.4, 0.5) is 5.69 Å². The third-order valence-electron chi connectivity index (χ3n) is 6.89. The Morgan fingerprint density at radius 1 is 1.12 bits per heavy atom. The van der Waals surface area contributed by atoms with Crippen LogP contribution >= 0.6 is 0 Å². The van der Waals surface area contributed by atoms with E-state index >= 15 is 0 Å². The lowest BCUT2D eigenvalue weighted by atomic mass is 9.47. The van der Waals surface area contributed by atoms with Crippen LogP contribution in [0, 0.1) is 33.3 Å². The van der Waals surface area contributed by atoms with E-state index < -0.39 is 14.9 Å². The second-order valence-corrected chi connectivity index (χ2v) is 10.3. The molecule has 0 saturated heterocycles. The van der Waals surface area contributed by atoms with Crippen molar-refractivity contribution in [2.45, 2.75) is 62.8 Å². The van der Waals surface area contributed by atoms with Crippen molar-refractivity contribution in [2.75, 3.05) is 0 Å². The molecule has 0 aromatic heterocycles. The Hall–Kier alpha value is -1.47. The summed E-state index contributed by atoms with van der Waals surface area (Å²) in [6.45, 7) is 2.06. The van der Waals surface area contributed by atoms with E-state index in [1.54, 1.807) is 0 Å². The molecule has 1 aromatic rings. The molecule has 5 rings (SSSR count). The van der Waals surface area contributed by atoms with E-state index in [-0.39, 0.29) is 22.0 Å². The van der Waals surface area contributed by atoms with Gasteiger partial charge in [-0.3, -0.25) is 10.1 Å². The lowest BCUT2D eigenvalue weighted by Gasteiger charge is -2.59. The number of sulfonamides is 1. The molecule has 142 valence electrons. The first-order valence-electron chi connectivity index (χ1n) is 9.58. The van der Waals surface area contributed by atoms with E-state index in [1.165, 1.54) is 43.5 Å².